The molecule has 0 fully saturated rings. The van der Waals surface area contributed by atoms with Gasteiger partial charge in [0.05, 0.1) is 19.1 Å². The first-order chi connectivity index (χ1) is 11.1. The highest BCUT2D eigenvalue weighted by atomic mass is 16.6. The molecular formula is C17H15NO5. The fourth-order valence-electron chi connectivity index (χ4n) is 2.09. The van der Waals surface area contributed by atoms with Crippen LogP contribution in [-0.2, 0) is 0 Å². The molecule has 0 atom stereocenters. The van der Waals surface area contributed by atoms with Gasteiger partial charge in [-0.3, -0.25) is 14.9 Å². The van der Waals surface area contributed by atoms with Crippen LogP contribution in [0.15, 0.2) is 48.5 Å². The molecule has 0 saturated heterocycles. The molecule has 0 aliphatic rings. The van der Waals surface area contributed by atoms with Gasteiger partial charge in [0.1, 0.15) is 17.1 Å². The summed E-state index contributed by atoms with van der Waals surface area (Å²) in [7, 11) is 2.94. The van der Waals surface area contributed by atoms with Crippen LogP contribution in [0.3, 0.4) is 0 Å². The van der Waals surface area contributed by atoms with Crippen LogP contribution in [-0.4, -0.2) is 24.9 Å². The van der Waals surface area contributed by atoms with Gasteiger partial charge in [-0.25, -0.2) is 0 Å². The van der Waals surface area contributed by atoms with Gasteiger partial charge in [0.25, 0.3) is 5.69 Å². The second-order valence-corrected chi connectivity index (χ2v) is 4.59. The van der Waals surface area contributed by atoms with Crippen molar-refractivity contribution in [3.05, 3.63) is 69.8 Å². The zero-order chi connectivity index (χ0) is 16.8. The van der Waals surface area contributed by atoms with Crippen molar-refractivity contribution in [3.63, 3.8) is 0 Å². The number of nitro groups is 1. The summed E-state index contributed by atoms with van der Waals surface area (Å²) in [5, 5.41) is 10.8. The molecule has 23 heavy (non-hydrogen) atoms. The maximum Gasteiger partial charge on any atom is 0.270 e. The summed E-state index contributed by atoms with van der Waals surface area (Å²) in [5.74, 6) is 0.488. The molecule has 0 saturated carbocycles. The van der Waals surface area contributed by atoms with Crippen LogP contribution >= 0.6 is 0 Å². The van der Waals surface area contributed by atoms with Gasteiger partial charge in [0.2, 0.25) is 0 Å². The van der Waals surface area contributed by atoms with Gasteiger partial charge >= 0.3 is 0 Å². The number of hydrogen-bond acceptors (Lipinski definition) is 5. The number of allylic oxidation sites excluding steroid dienone is 1. The summed E-state index contributed by atoms with van der Waals surface area (Å²) >= 11 is 0. The average molecular weight is 313 g/mol. The molecule has 0 N–H and O–H groups in total. The molecule has 6 heteroatoms. The summed E-state index contributed by atoms with van der Waals surface area (Å²) in [4.78, 5) is 22.7. The molecular weight excluding hydrogens is 298 g/mol. The number of carbonyl (C=O) groups is 1. The Morgan fingerprint density at radius 3 is 2.26 bits per heavy atom. The van der Waals surface area contributed by atoms with Crippen LogP contribution in [0.2, 0.25) is 0 Å². The lowest BCUT2D eigenvalue weighted by molar-refractivity contribution is -0.384. The van der Waals surface area contributed by atoms with Gasteiger partial charge in [0.15, 0.2) is 5.78 Å². The number of rotatable bonds is 6. The number of benzene rings is 2. The van der Waals surface area contributed by atoms with Crippen LogP contribution in [0.5, 0.6) is 11.5 Å². The van der Waals surface area contributed by atoms with Crippen molar-refractivity contribution in [1.29, 1.82) is 0 Å². The van der Waals surface area contributed by atoms with E-state index in [0.717, 1.165) is 0 Å². The summed E-state index contributed by atoms with van der Waals surface area (Å²) < 4.78 is 10.4. The quantitative estimate of drug-likeness (QED) is 0.353. The largest absolute Gasteiger partial charge is 0.496 e. The van der Waals surface area contributed by atoms with Crippen LogP contribution in [0.4, 0.5) is 5.69 Å². The van der Waals surface area contributed by atoms with E-state index in [1.54, 1.807) is 30.3 Å². The van der Waals surface area contributed by atoms with Crippen LogP contribution in [0.1, 0.15) is 15.9 Å². The van der Waals surface area contributed by atoms with Crippen molar-refractivity contribution in [2.75, 3.05) is 14.2 Å². The fraction of sp³-hybridized carbons (Fsp3) is 0.118. The number of carbonyl (C=O) groups excluding carboxylic acids is 1. The van der Waals surface area contributed by atoms with Gasteiger partial charge in [-0.1, -0.05) is 24.3 Å². The van der Waals surface area contributed by atoms with Gasteiger partial charge < -0.3 is 9.47 Å². The van der Waals surface area contributed by atoms with Crippen LogP contribution in [0.25, 0.3) is 6.08 Å². The van der Waals surface area contributed by atoms with E-state index in [4.69, 9.17) is 9.47 Å². The topological polar surface area (TPSA) is 78.7 Å². The Morgan fingerprint density at radius 1 is 1.09 bits per heavy atom. The first-order valence-corrected chi connectivity index (χ1v) is 6.74. The Morgan fingerprint density at radius 2 is 1.70 bits per heavy atom. The molecule has 0 amide bonds. The van der Waals surface area contributed by atoms with E-state index in [1.165, 1.54) is 38.5 Å². The maximum atomic E-state index is 12.4. The Kier molecular flexibility index (Phi) is 5.09. The van der Waals surface area contributed by atoms with E-state index in [9.17, 15) is 14.9 Å². The first-order valence-electron chi connectivity index (χ1n) is 6.74. The van der Waals surface area contributed by atoms with E-state index in [-0.39, 0.29) is 11.5 Å². The highest BCUT2D eigenvalue weighted by molar-refractivity contribution is 6.10. The number of non-ortho nitro benzene ring substituents is 1. The van der Waals surface area contributed by atoms with E-state index in [0.29, 0.717) is 22.6 Å². The lowest BCUT2D eigenvalue weighted by atomic mass is 10.1. The summed E-state index contributed by atoms with van der Waals surface area (Å²) in [6.45, 7) is 0. The van der Waals surface area contributed by atoms with Crippen molar-refractivity contribution in [3.8, 4) is 11.5 Å². The van der Waals surface area contributed by atoms with Crippen LogP contribution < -0.4 is 9.47 Å². The number of nitrogens with zero attached hydrogens (tertiary/aromatic N) is 1. The molecule has 6 nitrogen and oxygen atoms in total. The highest BCUT2D eigenvalue weighted by Crippen LogP contribution is 2.29. The molecule has 0 heterocycles. The standard InChI is InChI=1S/C17H15NO5/c1-22-15-7-4-8-16(23-2)17(15)14(19)10-9-12-5-3-6-13(11-12)18(20)21/h3-11H,1-2H3. The van der Waals surface area contributed by atoms with Gasteiger partial charge in [-0.15, -0.1) is 0 Å². The number of ether oxygens (including phenoxy) is 2. The third-order valence-corrected chi connectivity index (χ3v) is 3.18. The minimum absolute atomic E-state index is 0.0329. The molecule has 0 bridgehead atoms. The van der Waals surface area contributed by atoms with E-state index >= 15 is 0 Å². The molecule has 2 aromatic rings. The Labute approximate surface area is 133 Å². The van der Waals surface area contributed by atoms with Crippen LogP contribution in [0, 0.1) is 10.1 Å². The molecule has 0 aromatic heterocycles. The lowest BCUT2D eigenvalue weighted by Gasteiger charge is -2.10. The number of nitro benzene ring substituents is 1. The number of methoxy groups -OCH3 is 2. The number of ketones is 1. The molecule has 0 aliphatic carbocycles. The zero-order valence-electron chi connectivity index (χ0n) is 12.7. The molecule has 118 valence electrons. The molecule has 2 aromatic carbocycles. The summed E-state index contributed by atoms with van der Waals surface area (Å²) in [6, 6.07) is 11.1. The van der Waals surface area contributed by atoms with E-state index in [1.807, 2.05) is 0 Å². The van der Waals surface area contributed by atoms with E-state index in [2.05, 4.69) is 0 Å². The molecule has 0 spiro atoms. The van der Waals surface area contributed by atoms with Crippen molar-refractivity contribution >= 4 is 17.5 Å². The second-order valence-electron chi connectivity index (χ2n) is 4.59. The third kappa shape index (κ3) is 3.74. The molecule has 0 aliphatic heterocycles. The zero-order valence-corrected chi connectivity index (χ0v) is 12.7. The molecule has 0 unspecified atom stereocenters. The SMILES string of the molecule is COc1cccc(OC)c1C(=O)C=Cc1cccc([N+](=O)[O-])c1. The van der Waals surface area contributed by atoms with Crippen molar-refractivity contribution in [2.45, 2.75) is 0 Å². The fourth-order valence-corrected chi connectivity index (χ4v) is 2.09. The summed E-state index contributed by atoms with van der Waals surface area (Å²) in [5.41, 5.74) is 0.829. The molecule has 2 rings (SSSR count). The van der Waals surface area contributed by atoms with Crippen molar-refractivity contribution in [1.82, 2.24) is 0 Å². The predicted molar refractivity (Wildman–Crippen MR) is 86.0 cm³/mol. The highest BCUT2D eigenvalue weighted by Gasteiger charge is 2.15. The minimum Gasteiger partial charge on any atom is -0.496 e. The van der Waals surface area contributed by atoms with Gasteiger partial charge in [0, 0.05) is 12.1 Å². The Hall–Kier alpha value is -3.15. The maximum absolute atomic E-state index is 12.4. The first kappa shape index (κ1) is 16.2. The third-order valence-electron chi connectivity index (χ3n) is 3.18. The van der Waals surface area contributed by atoms with Gasteiger partial charge in [-0.2, -0.15) is 0 Å². The summed E-state index contributed by atoms with van der Waals surface area (Å²) in [6.07, 6.45) is 2.85. The average Bonchev–Trinajstić information content (AvgIpc) is 2.59. The smallest absolute Gasteiger partial charge is 0.270 e. The molecule has 0 radical (unpaired) electrons. The monoisotopic (exact) mass is 313 g/mol. The Bertz CT molecular complexity index is 745. The minimum atomic E-state index is -0.484. The normalized spacial score (nSPS) is 10.5. The van der Waals surface area contributed by atoms with Crippen molar-refractivity contribution in [2.24, 2.45) is 0 Å². The lowest BCUT2D eigenvalue weighted by Crippen LogP contribution is -2.02. The van der Waals surface area contributed by atoms with Gasteiger partial charge in [-0.05, 0) is 23.8 Å². The Balaban J connectivity index is 2.32. The van der Waals surface area contributed by atoms with Crippen molar-refractivity contribution < 1.29 is 19.2 Å². The second kappa shape index (κ2) is 7.22. The number of hydrogen-bond donors (Lipinski definition) is 0. The van der Waals surface area contributed by atoms with E-state index < -0.39 is 4.92 Å². The predicted octanol–water partition coefficient (Wildman–Crippen LogP) is 3.51.